The minimum absolute atomic E-state index is 0.0409. The molecule has 92 valence electrons. The topological polar surface area (TPSA) is 81.4 Å². The fourth-order valence-electron chi connectivity index (χ4n) is 2.34. The first-order valence-electron chi connectivity index (χ1n) is 5.60. The number of rotatable bonds is 4. The monoisotopic (exact) mass is 246 g/mol. The Kier molecular flexibility index (Phi) is 3.51. The summed E-state index contributed by atoms with van der Waals surface area (Å²) in [4.78, 5) is 0. The Hall–Kier alpha value is -0.590. The highest BCUT2D eigenvalue weighted by Gasteiger charge is 2.31. The molecule has 2 unspecified atom stereocenters. The summed E-state index contributed by atoms with van der Waals surface area (Å²) in [5.41, 5.74) is 2.71. The van der Waals surface area contributed by atoms with Gasteiger partial charge in [0.2, 0.25) is 0 Å². The summed E-state index contributed by atoms with van der Waals surface area (Å²) in [6.45, 7) is 0.705. The molecule has 1 saturated heterocycles. The lowest BCUT2D eigenvalue weighted by atomic mass is 9.98. The predicted molar refractivity (Wildman–Crippen MR) is 61.1 cm³/mol. The summed E-state index contributed by atoms with van der Waals surface area (Å²) >= 11 is 0. The van der Waals surface area contributed by atoms with Gasteiger partial charge in [0.1, 0.15) is 5.76 Å². The molecule has 0 saturated carbocycles. The van der Waals surface area contributed by atoms with Gasteiger partial charge in [0.05, 0.1) is 24.2 Å². The van der Waals surface area contributed by atoms with Crippen molar-refractivity contribution in [2.75, 3.05) is 18.1 Å². The van der Waals surface area contributed by atoms with Crippen LogP contribution in [0.15, 0.2) is 11.8 Å². The molecule has 0 aromatic carbocycles. The molecule has 2 heterocycles. The molecule has 3 N–H and O–H groups in total. The summed E-state index contributed by atoms with van der Waals surface area (Å²) < 4.78 is 28.1. The van der Waals surface area contributed by atoms with Crippen molar-refractivity contribution in [3.8, 4) is 0 Å². The Bertz CT molecular complexity index is 378. The minimum Gasteiger partial charge on any atom is -0.496 e. The lowest BCUT2D eigenvalue weighted by Gasteiger charge is -2.19. The van der Waals surface area contributed by atoms with Gasteiger partial charge in [0.15, 0.2) is 9.84 Å². The van der Waals surface area contributed by atoms with Gasteiger partial charge in [-0.05, 0) is 24.8 Å². The van der Waals surface area contributed by atoms with Crippen molar-refractivity contribution >= 4 is 9.84 Å². The Balaban J connectivity index is 1.92. The third kappa shape index (κ3) is 2.75. The molecule has 0 radical (unpaired) electrons. The summed E-state index contributed by atoms with van der Waals surface area (Å²) in [6.07, 6.45) is 4.42. The molecule has 2 aliphatic rings. The van der Waals surface area contributed by atoms with Gasteiger partial charge in [-0.1, -0.05) is 0 Å². The van der Waals surface area contributed by atoms with Gasteiger partial charge in [0, 0.05) is 6.42 Å². The second-order valence-electron chi connectivity index (χ2n) is 4.47. The second kappa shape index (κ2) is 4.73. The van der Waals surface area contributed by atoms with E-state index in [1.54, 1.807) is 0 Å². The summed E-state index contributed by atoms with van der Waals surface area (Å²) in [5.74, 6) is 7.15. The van der Waals surface area contributed by atoms with E-state index >= 15 is 0 Å². The number of sulfone groups is 1. The van der Waals surface area contributed by atoms with Gasteiger partial charge in [-0.15, -0.1) is 0 Å². The molecular formula is C10H18N2O3S. The van der Waals surface area contributed by atoms with Crippen molar-refractivity contribution in [2.24, 2.45) is 11.8 Å². The van der Waals surface area contributed by atoms with E-state index in [4.69, 9.17) is 10.6 Å². The number of ether oxygens (including phenoxy) is 1. The zero-order valence-electron chi connectivity index (χ0n) is 9.19. The van der Waals surface area contributed by atoms with E-state index in [-0.39, 0.29) is 12.0 Å². The van der Waals surface area contributed by atoms with Crippen molar-refractivity contribution < 1.29 is 13.2 Å². The fraction of sp³-hybridized carbons (Fsp3) is 0.800. The van der Waals surface area contributed by atoms with Crippen LogP contribution in [0.4, 0.5) is 0 Å². The summed E-state index contributed by atoms with van der Waals surface area (Å²) in [6, 6.07) is -0.0409. The average Bonchev–Trinajstić information content (AvgIpc) is 2.84. The highest BCUT2D eigenvalue weighted by molar-refractivity contribution is 7.91. The molecule has 0 bridgehead atoms. The Morgan fingerprint density at radius 2 is 2.44 bits per heavy atom. The normalized spacial score (nSPS) is 29.8. The van der Waals surface area contributed by atoms with Crippen molar-refractivity contribution in [3.63, 3.8) is 0 Å². The van der Waals surface area contributed by atoms with Crippen LogP contribution in [0, 0.1) is 5.92 Å². The molecule has 2 atom stereocenters. The lowest BCUT2D eigenvalue weighted by molar-refractivity contribution is 0.206. The van der Waals surface area contributed by atoms with Gasteiger partial charge in [-0.3, -0.25) is 5.84 Å². The minimum atomic E-state index is -2.80. The average molecular weight is 246 g/mol. The van der Waals surface area contributed by atoms with Crippen molar-refractivity contribution in [1.29, 1.82) is 0 Å². The first-order chi connectivity index (χ1) is 7.61. The smallest absolute Gasteiger partial charge is 0.150 e. The fourth-order valence-corrected chi connectivity index (χ4v) is 4.22. The maximum atomic E-state index is 11.3. The van der Waals surface area contributed by atoms with Crippen LogP contribution < -0.4 is 11.3 Å². The summed E-state index contributed by atoms with van der Waals surface area (Å²) in [7, 11) is -2.80. The van der Waals surface area contributed by atoms with Crippen molar-refractivity contribution in [3.05, 3.63) is 11.8 Å². The SMILES string of the molecule is NNC(CC1CCS(=O)(=O)C1)C1=CCCO1. The Morgan fingerprint density at radius 3 is 2.94 bits per heavy atom. The van der Waals surface area contributed by atoms with Gasteiger partial charge >= 0.3 is 0 Å². The number of hydrogen-bond donors (Lipinski definition) is 2. The number of hydrazine groups is 1. The highest BCUT2D eigenvalue weighted by atomic mass is 32.2. The first-order valence-corrected chi connectivity index (χ1v) is 7.42. The molecule has 1 fully saturated rings. The molecular weight excluding hydrogens is 228 g/mol. The van der Waals surface area contributed by atoms with Crippen LogP contribution in [0.3, 0.4) is 0 Å². The zero-order chi connectivity index (χ0) is 11.6. The molecule has 0 aliphatic carbocycles. The van der Waals surface area contributed by atoms with E-state index in [2.05, 4.69) is 5.43 Å². The molecule has 5 nitrogen and oxygen atoms in total. The standard InChI is InChI=1S/C10H18N2O3S/c11-12-9(10-2-1-4-15-10)6-8-3-5-16(13,14)7-8/h2,8-9,12H,1,3-7,11H2. The zero-order valence-corrected chi connectivity index (χ0v) is 10.0. The quantitative estimate of drug-likeness (QED) is 0.537. The van der Waals surface area contributed by atoms with Gasteiger partial charge in [0.25, 0.3) is 0 Å². The van der Waals surface area contributed by atoms with E-state index in [9.17, 15) is 8.42 Å². The van der Waals surface area contributed by atoms with Crippen LogP contribution in [0.2, 0.25) is 0 Å². The van der Waals surface area contributed by atoms with E-state index in [1.165, 1.54) is 0 Å². The maximum Gasteiger partial charge on any atom is 0.150 e. The largest absolute Gasteiger partial charge is 0.496 e. The third-order valence-electron chi connectivity index (χ3n) is 3.17. The van der Waals surface area contributed by atoms with Crippen LogP contribution in [0.25, 0.3) is 0 Å². The number of nitrogens with two attached hydrogens (primary N) is 1. The summed E-state index contributed by atoms with van der Waals surface area (Å²) in [5, 5.41) is 0. The molecule has 0 spiro atoms. The lowest BCUT2D eigenvalue weighted by Crippen LogP contribution is -2.38. The van der Waals surface area contributed by atoms with Gasteiger partial charge in [-0.25, -0.2) is 13.8 Å². The molecule has 6 heteroatoms. The molecule has 2 rings (SSSR count). The van der Waals surface area contributed by atoms with E-state index in [1.807, 2.05) is 6.08 Å². The van der Waals surface area contributed by atoms with Crippen molar-refractivity contribution in [1.82, 2.24) is 5.43 Å². The molecule has 0 aromatic heterocycles. The van der Waals surface area contributed by atoms with Crippen molar-refractivity contribution in [2.45, 2.75) is 25.3 Å². The van der Waals surface area contributed by atoms with Gasteiger partial charge in [-0.2, -0.15) is 0 Å². The maximum absolute atomic E-state index is 11.3. The molecule has 16 heavy (non-hydrogen) atoms. The van der Waals surface area contributed by atoms with E-state index in [0.717, 1.165) is 25.0 Å². The first kappa shape index (κ1) is 11.9. The van der Waals surface area contributed by atoms with Crippen LogP contribution in [0.1, 0.15) is 19.3 Å². The van der Waals surface area contributed by atoms with Crippen LogP contribution >= 0.6 is 0 Å². The predicted octanol–water partition coefficient (Wildman–Crippen LogP) is -0.0527. The van der Waals surface area contributed by atoms with E-state index < -0.39 is 9.84 Å². The Morgan fingerprint density at radius 1 is 1.62 bits per heavy atom. The molecule has 2 aliphatic heterocycles. The second-order valence-corrected chi connectivity index (χ2v) is 6.70. The van der Waals surface area contributed by atoms with Crippen LogP contribution in [-0.4, -0.2) is 32.6 Å². The third-order valence-corrected chi connectivity index (χ3v) is 5.01. The van der Waals surface area contributed by atoms with E-state index in [0.29, 0.717) is 18.1 Å². The Labute approximate surface area is 95.9 Å². The number of hydrogen-bond acceptors (Lipinski definition) is 5. The van der Waals surface area contributed by atoms with Crippen LogP contribution in [-0.2, 0) is 14.6 Å². The highest BCUT2D eigenvalue weighted by Crippen LogP contribution is 2.26. The number of nitrogens with one attached hydrogen (secondary N) is 1. The molecule has 0 amide bonds. The molecule has 0 aromatic rings. The van der Waals surface area contributed by atoms with Gasteiger partial charge < -0.3 is 4.74 Å². The van der Waals surface area contributed by atoms with Crippen LogP contribution in [0.5, 0.6) is 0 Å².